The van der Waals surface area contributed by atoms with E-state index in [2.05, 4.69) is 24.1 Å². The zero-order chi connectivity index (χ0) is 28.0. The normalized spacial score (nSPS) is 26.5. The van der Waals surface area contributed by atoms with Crippen LogP contribution in [-0.2, 0) is 35.0 Å². The topological polar surface area (TPSA) is 117 Å². The monoisotopic (exact) mass is 544 g/mol. The molecule has 2 saturated heterocycles. The number of nitrogens with one attached hydrogen (secondary N) is 1. The number of cyclic esters (lactones) is 1. The number of carbonyl (C=O) groups is 3. The van der Waals surface area contributed by atoms with Gasteiger partial charge in [-0.3, -0.25) is 9.59 Å². The molecule has 5 atom stereocenters. The number of aromatic nitrogens is 1. The standard InChI is InChI=1S/C30H44N2O7/c1-4-9-24-12-7-10-21(2)16-25-17-26(18-27(37-25)19-30(35)38-24)39-29(34)14-6-5-11-23-20-36-28(32-23)13-8-15-31-22(3)33/h6,8,13-14,20-21,24-27H,4-5,7,9-12,15-19H2,1-3H3,(H,31,33)/b13-8-,14-6-/t21-,24-,25+,26+,27+/m0/s1. The third kappa shape index (κ3) is 11.8. The molecule has 1 amide bonds. The number of fused-ring (bicyclic) bond motifs is 2. The lowest BCUT2D eigenvalue weighted by Crippen LogP contribution is -2.40. The van der Waals surface area contributed by atoms with Crippen molar-refractivity contribution in [3.63, 3.8) is 0 Å². The molecule has 39 heavy (non-hydrogen) atoms. The van der Waals surface area contributed by atoms with E-state index in [0.717, 1.165) is 44.2 Å². The highest BCUT2D eigenvalue weighted by atomic mass is 16.6. The highest BCUT2D eigenvalue weighted by molar-refractivity contribution is 5.82. The Hall–Kier alpha value is -2.94. The summed E-state index contributed by atoms with van der Waals surface area (Å²) < 4.78 is 23.2. The Balaban J connectivity index is 1.47. The molecule has 0 aliphatic carbocycles. The number of hydrogen-bond acceptors (Lipinski definition) is 8. The van der Waals surface area contributed by atoms with E-state index in [0.29, 0.717) is 44.0 Å². The lowest BCUT2D eigenvalue weighted by molar-refractivity contribution is -0.166. The van der Waals surface area contributed by atoms with Crippen molar-refractivity contribution in [2.75, 3.05) is 6.54 Å². The lowest BCUT2D eigenvalue weighted by Gasteiger charge is -2.36. The van der Waals surface area contributed by atoms with Gasteiger partial charge >= 0.3 is 11.9 Å². The Bertz CT molecular complexity index is 986. The van der Waals surface area contributed by atoms with Crippen molar-refractivity contribution in [3.05, 3.63) is 36.1 Å². The molecule has 2 fully saturated rings. The van der Waals surface area contributed by atoms with Crippen molar-refractivity contribution in [2.45, 2.75) is 116 Å². The fraction of sp³-hybridized carbons (Fsp3) is 0.667. The number of allylic oxidation sites excluding steroid dienone is 1. The van der Waals surface area contributed by atoms with Crippen LogP contribution in [0.15, 0.2) is 28.9 Å². The molecule has 9 heteroatoms. The van der Waals surface area contributed by atoms with Gasteiger partial charge in [0, 0.05) is 32.4 Å². The maximum atomic E-state index is 12.6. The third-order valence-electron chi connectivity index (χ3n) is 7.03. The number of hydrogen-bond donors (Lipinski definition) is 1. The van der Waals surface area contributed by atoms with Crippen LogP contribution in [0.3, 0.4) is 0 Å². The van der Waals surface area contributed by atoms with Gasteiger partial charge in [-0.1, -0.05) is 38.8 Å². The van der Waals surface area contributed by atoms with Crippen LogP contribution >= 0.6 is 0 Å². The zero-order valence-electron chi connectivity index (χ0n) is 23.6. The number of amides is 1. The fourth-order valence-electron chi connectivity index (χ4n) is 5.20. The highest BCUT2D eigenvalue weighted by Crippen LogP contribution is 2.31. The van der Waals surface area contributed by atoms with E-state index < -0.39 is 0 Å². The average Bonchev–Trinajstić information content (AvgIpc) is 3.31. The smallest absolute Gasteiger partial charge is 0.330 e. The summed E-state index contributed by atoms with van der Waals surface area (Å²) in [6, 6.07) is 0. The fourth-order valence-corrected chi connectivity index (χ4v) is 5.20. The summed E-state index contributed by atoms with van der Waals surface area (Å²) >= 11 is 0. The van der Waals surface area contributed by atoms with Crippen LogP contribution in [0.1, 0.15) is 96.6 Å². The molecule has 9 nitrogen and oxygen atoms in total. The summed E-state index contributed by atoms with van der Waals surface area (Å²) in [5, 5.41) is 2.67. The second-order valence-electron chi connectivity index (χ2n) is 10.7. The molecule has 2 aliphatic heterocycles. The molecule has 0 spiro atoms. The molecule has 3 rings (SSSR count). The van der Waals surface area contributed by atoms with Gasteiger partial charge in [0.05, 0.1) is 24.3 Å². The minimum atomic E-state index is -0.388. The summed E-state index contributed by atoms with van der Waals surface area (Å²) in [5.41, 5.74) is 0.776. The molecule has 1 N–H and O–H groups in total. The predicted octanol–water partition coefficient (Wildman–Crippen LogP) is 5.08. The van der Waals surface area contributed by atoms with E-state index in [-0.39, 0.29) is 48.7 Å². The maximum Gasteiger partial charge on any atom is 0.330 e. The number of esters is 2. The minimum Gasteiger partial charge on any atom is -0.462 e. The first-order valence-electron chi connectivity index (χ1n) is 14.4. The Labute approximate surface area is 231 Å². The van der Waals surface area contributed by atoms with Gasteiger partial charge in [0.1, 0.15) is 18.5 Å². The molecule has 1 aromatic rings. The molecular formula is C30H44N2O7. The second-order valence-corrected chi connectivity index (χ2v) is 10.7. The van der Waals surface area contributed by atoms with Gasteiger partial charge in [-0.15, -0.1) is 0 Å². The quantitative estimate of drug-likeness (QED) is 0.320. The second kappa shape index (κ2) is 16.2. The first-order chi connectivity index (χ1) is 18.8. The number of carbonyl (C=O) groups excluding carboxylic acids is 3. The summed E-state index contributed by atoms with van der Waals surface area (Å²) in [5.74, 6) is 0.248. The Morgan fingerprint density at radius 1 is 1.18 bits per heavy atom. The van der Waals surface area contributed by atoms with Gasteiger partial charge in [0.2, 0.25) is 11.8 Å². The molecule has 1 aromatic heterocycles. The third-order valence-corrected chi connectivity index (χ3v) is 7.03. The van der Waals surface area contributed by atoms with Gasteiger partial charge in [-0.05, 0) is 50.5 Å². The van der Waals surface area contributed by atoms with Crippen molar-refractivity contribution >= 4 is 23.9 Å². The van der Waals surface area contributed by atoms with Crippen LogP contribution in [0.25, 0.3) is 6.08 Å². The molecule has 216 valence electrons. The van der Waals surface area contributed by atoms with Crippen molar-refractivity contribution < 1.29 is 33.0 Å². The summed E-state index contributed by atoms with van der Waals surface area (Å²) in [6.45, 7) is 6.22. The predicted molar refractivity (Wildman–Crippen MR) is 146 cm³/mol. The van der Waals surface area contributed by atoms with E-state index in [1.54, 1.807) is 24.5 Å². The molecule has 2 bridgehead atoms. The number of ether oxygens (including phenoxy) is 3. The van der Waals surface area contributed by atoms with Crippen LogP contribution in [0.5, 0.6) is 0 Å². The molecule has 0 saturated carbocycles. The molecular weight excluding hydrogens is 500 g/mol. The molecule has 0 aromatic carbocycles. The molecule has 3 heterocycles. The van der Waals surface area contributed by atoms with E-state index >= 15 is 0 Å². The van der Waals surface area contributed by atoms with E-state index in [1.165, 1.54) is 13.0 Å². The summed E-state index contributed by atoms with van der Waals surface area (Å²) in [4.78, 5) is 40.4. The number of oxazole rings is 1. The molecule has 0 radical (unpaired) electrons. The van der Waals surface area contributed by atoms with Crippen LogP contribution in [0.4, 0.5) is 0 Å². The van der Waals surface area contributed by atoms with Gasteiger partial charge in [0.25, 0.3) is 0 Å². The van der Waals surface area contributed by atoms with Crippen LogP contribution in [-0.4, -0.2) is 53.8 Å². The van der Waals surface area contributed by atoms with Crippen LogP contribution in [0, 0.1) is 5.92 Å². The Morgan fingerprint density at radius 2 is 2.00 bits per heavy atom. The van der Waals surface area contributed by atoms with Crippen molar-refractivity contribution in [1.82, 2.24) is 10.3 Å². The first-order valence-corrected chi connectivity index (χ1v) is 14.4. The Kier molecular flexibility index (Phi) is 12.7. The number of rotatable bonds is 10. The van der Waals surface area contributed by atoms with Crippen LogP contribution < -0.4 is 5.32 Å². The maximum absolute atomic E-state index is 12.6. The number of nitrogens with zero attached hydrogens (tertiary/aromatic N) is 1. The average molecular weight is 545 g/mol. The van der Waals surface area contributed by atoms with Gasteiger partial charge in [-0.2, -0.15) is 0 Å². The van der Waals surface area contributed by atoms with E-state index in [4.69, 9.17) is 18.6 Å². The van der Waals surface area contributed by atoms with Crippen LogP contribution in [0.2, 0.25) is 0 Å². The van der Waals surface area contributed by atoms with Crippen molar-refractivity contribution in [3.8, 4) is 0 Å². The zero-order valence-corrected chi connectivity index (χ0v) is 23.6. The molecule has 2 aliphatic rings. The van der Waals surface area contributed by atoms with Gasteiger partial charge < -0.3 is 23.9 Å². The minimum absolute atomic E-state index is 0.0254. The summed E-state index contributed by atoms with van der Waals surface area (Å²) in [7, 11) is 0. The van der Waals surface area contributed by atoms with Crippen molar-refractivity contribution in [1.29, 1.82) is 0 Å². The molecule has 0 unspecified atom stereocenters. The highest BCUT2D eigenvalue weighted by Gasteiger charge is 2.34. The van der Waals surface area contributed by atoms with E-state index in [1.807, 2.05) is 0 Å². The summed E-state index contributed by atoms with van der Waals surface area (Å²) in [6.07, 6.45) is 16.0. The Morgan fingerprint density at radius 3 is 2.79 bits per heavy atom. The first kappa shape index (κ1) is 30.6. The van der Waals surface area contributed by atoms with E-state index in [9.17, 15) is 14.4 Å². The SMILES string of the molecule is CCC[C@H]1CCC[C@H](C)C[C@@H]2C[C@@H](OC(=O)/C=C\CCc3coc(/C=C\CNC(C)=O)n3)C[C@H](CC(=O)O1)O2. The van der Waals surface area contributed by atoms with Gasteiger partial charge in [-0.25, -0.2) is 9.78 Å². The van der Waals surface area contributed by atoms with Gasteiger partial charge in [0.15, 0.2) is 0 Å². The van der Waals surface area contributed by atoms with Crippen molar-refractivity contribution in [2.24, 2.45) is 5.92 Å². The number of aryl methyl sites for hydroxylation is 1. The largest absolute Gasteiger partial charge is 0.462 e. The lowest BCUT2D eigenvalue weighted by atomic mass is 9.90.